The molecule has 1 N–H and O–H groups in total. The Hall–Kier alpha value is -1.35. The Morgan fingerprint density at radius 2 is 1.95 bits per heavy atom. The number of hydrogen-bond acceptors (Lipinski definition) is 2. The number of aryl methyl sites for hydroxylation is 2. The first-order valence-corrected chi connectivity index (χ1v) is 7.03. The third-order valence-corrected chi connectivity index (χ3v) is 4.12. The van der Waals surface area contributed by atoms with Crippen molar-refractivity contribution in [3.63, 3.8) is 0 Å². The van der Waals surface area contributed by atoms with Crippen molar-refractivity contribution in [2.75, 3.05) is 7.05 Å². The molecule has 2 rings (SSSR count). The number of rotatable bonds is 2. The summed E-state index contributed by atoms with van der Waals surface area (Å²) < 4.78 is 0. The summed E-state index contributed by atoms with van der Waals surface area (Å²) in [5.41, 5.74) is 2.91. The van der Waals surface area contributed by atoms with Crippen LogP contribution in [0.5, 0.6) is 0 Å². The molecule has 1 aromatic carbocycles. The smallest absolute Gasteiger partial charge is 0.254 e. The molecular weight excluding hydrogens is 238 g/mol. The molecule has 19 heavy (non-hydrogen) atoms. The highest BCUT2D eigenvalue weighted by Gasteiger charge is 2.30. The summed E-state index contributed by atoms with van der Waals surface area (Å²) >= 11 is 0. The number of aliphatic hydroxyl groups is 1. The number of benzene rings is 1. The predicted molar refractivity (Wildman–Crippen MR) is 76.3 cm³/mol. The van der Waals surface area contributed by atoms with E-state index in [9.17, 15) is 9.90 Å². The lowest BCUT2D eigenvalue weighted by Gasteiger charge is -2.35. The molecular formula is C16H23NO2. The summed E-state index contributed by atoms with van der Waals surface area (Å²) in [4.78, 5) is 14.3. The van der Waals surface area contributed by atoms with Crippen molar-refractivity contribution in [2.45, 2.75) is 51.7 Å². The minimum Gasteiger partial charge on any atom is -0.391 e. The molecule has 1 amide bonds. The van der Waals surface area contributed by atoms with Crippen LogP contribution >= 0.6 is 0 Å². The predicted octanol–water partition coefficient (Wildman–Crippen LogP) is 2.68. The molecule has 0 heterocycles. The molecule has 0 spiro atoms. The number of amides is 1. The summed E-state index contributed by atoms with van der Waals surface area (Å²) in [5.74, 6) is 0.0171. The second kappa shape index (κ2) is 5.74. The third-order valence-electron chi connectivity index (χ3n) is 4.12. The van der Waals surface area contributed by atoms with Gasteiger partial charge in [-0.15, -0.1) is 0 Å². The molecule has 1 aliphatic carbocycles. The normalized spacial score (nSPS) is 23.2. The van der Waals surface area contributed by atoms with E-state index in [1.807, 2.05) is 32.0 Å². The fourth-order valence-electron chi connectivity index (χ4n) is 2.94. The molecule has 0 saturated heterocycles. The Bertz CT molecular complexity index is 470. The zero-order valence-electron chi connectivity index (χ0n) is 12.0. The number of nitrogens with zero attached hydrogens (tertiary/aromatic N) is 1. The maximum atomic E-state index is 12.5. The Labute approximate surface area is 115 Å². The van der Waals surface area contributed by atoms with Crippen LogP contribution in [0.4, 0.5) is 0 Å². The van der Waals surface area contributed by atoms with Crippen molar-refractivity contribution in [3.8, 4) is 0 Å². The van der Waals surface area contributed by atoms with E-state index in [1.165, 1.54) is 0 Å². The van der Waals surface area contributed by atoms with Gasteiger partial charge in [-0.05, 0) is 38.3 Å². The fraction of sp³-hybridized carbons (Fsp3) is 0.562. The third kappa shape index (κ3) is 2.98. The molecule has 104 valence electrons. The number of carbonyl (C=O) groups excluding carboxylic acids is 1. The van der Waals surface area contributed by atoms with Gasteiger partial charge in [0.05, 0.1) is 12.1 Å². The van der Waals surface area contributed by atoms with E-state index in [0.29, 0.717) is 0 Å². The van der Waals surface area contributed by atoms with Gasteiger partial charge in [0.1, 0.15) is 0 Å². The quantitative estimate of drug-likeness (QED) is 0.889. The molecule has 3 nitrogen and oxygen atoms in total. The van der Waals surface area contributed by atoms with Gasteiger partial charge in [-0.3, -0.25) is 4.79 Å². The van der Waals surface area contributed by atoms with Gasteiger partial charge in [0, 0.05) is 12.6 Å². The van der Waals surface area contributed by atoms with E-state index >= 15 is 0 Å². The number of hydrogen-bond donors (Lipinski definition) is 1. The van der Waals surface area contributed by atoms with E-state index in [2.05, 4.69) is 0 Å². The first-order chi connectivity index (χ1) is 9.00. The minimum absolute atomic E-state index is 0.0171. The fourth-order valence-corrected chi connectivity index (χ4v) is 2.94. The van der Waals surface area contributed by atoms with Crippen LogP contribution in [-0.2, 0) is 0 Å². The molecule has 0 aromatic heterocycles. The summed E-state index contributed by atoms with van der Waals surface area (Å²) in [5, 5.41) is 10.1. The monoisotopic (exact) mass is 261 g/mol. The summed E-state index contributed by atoms with van der Waals surface area (Å²) in [7, 11) is 1.81. The Balaban J connectivity index is 2.18. The standard InChI is InChI=1S/C16H23NO2/c1-11-8-9-13(12(2)10-11)16(19)17(3)14-6-4-5-7-15(14)18/h8-10,14-15,18H,4-7H2,1-3H3/t14-,15-/m1/s1. The molecule has 1 aromatic rings. The summed E-state index contributed by atoms with van der Waals surface area (Å²) in [6.07, 6.45) is 3.47. The Kier molecular flexibility index (Phi) is 4.25. The van der Waals surface area contributed by atoms with Gasteiger partial charge in [-0.2, -0.15) is 0 Å². The first-order valence-electron chi connectivity index (χ1n) is 7.03. The molecule has 2 atom stereocenters. The second-order valence-corrected chi connectivity index (χ2v) is 5.65. The summed E-state index contributed by atoms with van der Waals surface area (Å²) in [6.45, 7) is 3.99. The lowest BCUT2D eigenvalue weighted by Crippen LogP contribution is -2.46. The van der Waals surface area contributed by atoms with E-state index in [4.69, 9.17) is 0 Å². The van der Waals surface area contributed by atoms with Crippen LogP contribution in [0, 0.1) is 13.8 Å². The SMILES string of the molecule is Cc1ccc(C(=O)N(C)[C@@H]2CCCC[C@H]2O)c(C)c1. The van der Waals surface area contributed by atoms with Crippen LogP contribution in [0.3, 0.4) is 0 Å². The zero-order chi connectivity index (χ0) is 14.0. The van der Waals surface area contributed by atoms with Gasteiger partial charge in [0.15, 0.2) is 0 Å². The second-order valence-electron chi connectivity index (χ2n) is 5.65. The van der Waals surface area contributed by atoms with Crippen LogP contribution in [0.25, 0.3) is 0 Å². The van der Waals surface area contributed by atoms with Crippen LogP contribution in [0.15, 0.2) is 18.2 Å². The van der Waals surface area contributed by atoms with Crippen molar-refractivity contribution in [2.24, 2.45) is 0 Å². The molecule has 1 aliphatic rings. The maximum absolute atomic E-state index is 12.5. The Morgan fingerprint density at radius 3 is 2.58 bits per heavy atom. The van der Waals surface area contributed by atoms with Gasteiger partial charge in [0.2, 0.25) is 0 Å². The van der Waals surface area contributed by atoms with E-state index in [-0.39, 0.29) is 18.1 Å². The lowest BCUT2D eigenvalue weighted by atomic mass is 9.91. The van der Waals surface area contributed by atoms with E-state index < -0.39 is 0 Å². The van der Waals surface area contributed by atoms with Crippen LogP contribution < -0.4 is 0 Å². The van der Waals surface area contributed by atoms with Gasteiger partial charge in [-0.1, -0.05) is 30.5 Å². The van der Waals surface area contributed by atoms with Crippen LogP contribution in [-0.4, -0.2) is 35.1 Å². The Morgan fingerprint density at radius 1 is 1.26 bits per heavy atom. The van der Waals surface area contributed by atoms with Crippen molar-refractivity contribution >= 4 is 5.91 Å². The molecule has 0 bridgehead atoms. The molecule has 3 heteroatoms. The zero-order valence-corrected chi connectivity index (χ0v) is 12.0. The van der Waals surface area contributed by atoms with Crippen molar-refractivity contribution in [1.29, 1.82) is 0 Å². The molecule has 0 unspecified atom stereocenters. The van der Waals surface area contributed by atoms with Crippen molar-refractivity contribution < 1.29 is 9.90 Å². The molecule has 1 fully saturated rings. The molecule has 0 aliphatic heterocycles. The lowest BCUT2D eigenvalue weighted by molar-refractivity contribution is 0.0267. The van der Waals surface area contributed by atoms with E-state index in [0.717, 1.165) is 42.4 Å². The highest BCUT2D eigenvalue weighted by Crippen LogP contribution is 2.24. The largest absolute Gasteiger partial charge is 0.391 e. The van der Waals surface area contributed by atoms with E-state index in [1.54, 1.807) is 11.9 Å². The van der Waals surface area contributed by atoms with Gasteiger partial charge in [0.25, 0.3) is 5.91 Å². The number of aliphatic hydroxyl groups excluding tert-OH is 1. The molecule has 0 radical (unpaired) electrons. The van der Waals surface area contributed by atoms with Crippen LogP contribution in [0.2, 0.25) is 0 Å². The number of carbonyl (C=O) groups is 1. The average molecular weight is 261 g/mol. The molecule has 1 saturated carbocycles. The highest BCUT2D eigenvalue weighted by atomic mass is 16.3. The van der Waals surface area contributed by atoms with Crippen molar-refractivity contribution in [1.82, 2.24) is 4.90 Å². The summed E-state index contributed by atoms with van der Waals surface area (Å²) in [6, 6.07) is 5.84. The first kappa shape index (κ1) is 14.1. The highest BCUT2D eigenvalue weighted by molar-refractivity contribution is 5.95. The topological polar surface area (TPSA) is 40.5 Å². The van der Waals surface area contributed by atoms with Crippen molar-refractivity contribution in [3.05, 3.63) is 34.9 Å². The number of likely N-dealkylation sites (N-methyl/N-ethyl adjacent to an activating group) is 1. The minimum atomic E-state index is -0.381. The maximum Gasteiger partial charge on any atom is 0.254 e. The average Bonchev–Trinajstić information content (AvgIpc) is 2.38. The van der Waals surface area contributed by atoms with Gasteiger partial charge < -0.3 is 10.0 Å². The van der Waals surface area contributed by atoms with Crippen LogP contribution in [0.1, 0.15) is 47.2 Å². The van der Waals surface area contributed by atoms with Gasteiger partial charge in [-0.25, -0.2) is 0 Å². The van der Waals surface area contributed by atoms with Gasteiger partial charge >= 0.3 is 0 Å².